The highest BCUT2D eigenvalue weighted by atomic mass is 35.5. The van der Waals surface area contributed by atoms with Crippen LogP contribution in [0, 0.1) is 0 Å². The molecule has 0 radical (unpaired) electrons. The van der Waals surface area contributed by atoms with Crippen molar-refractivity contribution < 1.29 is 4.79 Å². The molecule has 2 aromatic heterocycles. The van der Waals surface area contributed by atoms with E-state index in [1.54, 1.807) is 0 Å². The number of rotatable bonds is 3. The zero-order valence-electron chi connectivity index (χ0n) is 16.6. The Kier molecular flexibility index (Phi) is 4.89. The zero-order valence-corrected chi connectivity index (χ0v) is 17.4. The van der Waals surface area contributed by atoms with Crippen molar-refractivity contribution in [1.29, 1.82) is 0 Å². The Morgan fingerprint density at radius 3 is 2.48 bits per heavy atom. The van der Waals surface area contributed by atoms with Crippen LogP contribution in [0.5, 0.6) is 0 Å². The first kappa shape index (κ1) is 19.2. The van der Waals surface area contributed by atoms with E-state index >= 15 is 0 Å². The number of carbonyl (C=O) groups excluding carboxylic acids is 1. The molecule has 0 aliphatic heterocycles. The molecular formula is C24H22ClN3O. The van der Waals surface area contributed by atoms with E-state index in [1.165, 1.54) is 5.56 Å². The summed E-state index contributed by atoms with van der Waals surface area (Å²) in [5.41, 5.74) is 5.17. The smallest absolute Gasteiger partial charge is 0.255 e. The Labute approximate surface area is 175 Å². The maximum Gasteiger partial charge on any atom is 0.255 e. The molecule has 0 saturated carbocycles. The van der Waals surface area contributed by atoms with Gasteiger partial charge in [0.1, 0.15) is 5.65 Å². The summed E-state index contributed by atoms with van der Waals surface area (Å²) in [5, 5.41) is 3.63. The number of nitrogens with one attached hydrogen (secondary N) is 1. The summed E-state index contributed by atoms with van der Waals surface area (Å²) < 4.78 is 1.89. The molecule has 0 aliphatic carbocycles. The van der Waals surface area contributed by atoms with Gasteiger partial charge in [-0.05, 0) is 47.4 Å². The Hall–Kier alpha value is -3.11. The standard InChI is InChI=1S/C24H22ClN3O/c1-24(2,3)18-9-7-16(8-10-18)23(29)26-20-6-4-5-17(13-20)21-15-28-14-19(25)11-12-22(28)27-21/h4-15H,1-3H3,(H,26,29). The fraction of sp³-hybridized carbons (Fsp3) is 0.167. The van der Waals surface area contributed by atoms with Gasteiger partial charge in [-0.1, -0.05) is 56.6 Å². The summed E-state index contributed by atoms with van der Waals surface area (Å²) in [4.78, 5) is 17.3. The minimum Gasteiger partial charge on any atom is -0.322 e. The lowest BCUT2D eigenvalue weighted by Gasteiger charge is -2.19. The van der Waals surface area contributed by atoms with Crippen LogP contribution in [0.25, 0.3) is 16.9 Å². The molecule has 0 unspecified atom stereocenters. The van der Waals surface area contributed by atoms with E-state index in [9.17, 15) is 4.79 Å². The van der Waals surface area contributed by atoms with E-state index in [2.05, 4.69) is 31.1 Å². The van der Waals surface area contributed by atoms with Crippen LogP contribution in [-0.4, -0.2) is 15.3 Å². The van der Waals surface area contributed by atoms with Crippen LogP contribution in [-0.2, 0) is 5.41 Å². The summed E-state index contributed by atoms with van der Waals surface area (Å²) in [6.07, 6.45) is 3.74. The highest BCUT2D eigenvalue weighted by Gasteiger charge is 2.14. The van der Waals surface area contributed by atoms with E-state index < -0.39 is 0 Å². The average Bonchev–Trinajstić information content (AvgIpc) is 3.11. The minimum absolute atomic E-state index is 0.0572. The highest BCUT2D eigenvalue weighted by Crippen LogP contribution is 2.25. The van der Waals surface area contributed by atoms with Gasteiger partial charge in [0.15, 0.2) is 0 Å². The van der Waals surface area contributed by atoms with Gasteiger partial charge < -0.3 is 9.72 Å². The Balaban J connectivity index is 1.56. The molecule has 0 spiro atoms. The Bertz CT molecular complexity index is 1190. The molecule has 0 aliphatic rings. The van der Waals surface area contributed by atoms with Crippen LogP contribution in [0.1, 0.15) is 36.7 Å². The van der Waals surface area contributed by atoms with Crippen LogP contribution in [0.3, 0.4) is 0 Å². The minimum atomic E-state index is -0.135. The van der Waals surface area contributed by atoms with Crippen LogP contribution in [0.4, 0.5) is 5.69 Å². The number of halogens is 1. The quantitative estimate of drug-likeness (QED) is 0.442. The number of aromatic nitrogens is 2. The van der Waals surface area contributed by atoms with Gasteiger partial charge >= 0.3 is 0 Å². The van der Waals surface area contributed by atoms with Crippen LogP contribution >= 0.6 is 11.6 Å². The largest absolute Gasteiger partial charge is 0.322 e. The molecule has 29 heavy (non-hydrogen) atoms. The molecule has 2 heterocycles. The van der Waals surface area contributed by atoms with E-state index in [0.29, 0.717) is 10.6 Å². The molecule has 4 aromatic rings. The average molecular weight is 404 g/mol. The Morgan fingerprint density at radius 1 is 1.00 bits per heavy atom. The number of hydrogen-bond acceptors (Lipinski definition) is 2. The van der Waals surface area contributed by atoms with Gasteiger partial charge in [-0.3, -0.25) is 4.79 Å². The second kappa shape index (κ2) is 7.37. The van der Waals surface area contributed by atoms with Crippen molar-refractivity contribution >= 4 is 28.8 Å². The first-order chi connectivity index (χ1) is 13.8. The van der Waals surface area contributed by atoms with Gasteiger partial charge in [0, 0.05) is 29.2 Å². The molecular weight excluding hydrogens is 382 g/mol. The third-order valence-electron chi connectivity index (χ3n) is 4.84. The lowest BCUT2D eigenvalue weighted by molar-refractivity contribution is 0.102. The molecule has 4 nitrogen and oxygen atoms in total. The molecule has 1 N–H and O–H groups in total. The molecule has 4 rings (SSSR count). The maximum absolute atomic E-state index is 12.7. The number of anilines is 1. The van der Waals surface area contributed by atoms with Crippen LogP contribution in [0.2, 0.25) is 5.02 Å². The monoisotopic (exact) mass is 403 g/mol. The fourth-order valence-electron chi connectivity index (χ4n) is 3.18. The van der Waals surface area contributed by atoms with Gasteiger partial charge in [-0.25, -0.2) is 4.98 Å². The fourth-order valence-corrected chi connectivity index (χ4v) is 3.35. The van der Waals surface area contributed by atoms with Crippen molar-refractivity contribution in [3.8, 4) is 11.3 Å². The van der Waals surface area contributed by atoms with Gasteiger partial charge in [0.05, 0.1) is 10.7 Å². The number of carbonyl (C=O) groups is 1. The topological polar surface area (TPSA) is 46.4 Å². The van der Waals surface area contributed by atoms with Crippen molar-refractivity contribution in [2.45, 2.75) is 26.2 Å². The predicted molar refractivity (Wildman–Crippen MR) is 119 cm³/mol. The van der Waals surface area contributed by atoms with Gasteiger partial charge in [0.2, 0.25) is 0 Å². The third kappa shape index (κ3) is 4.17. The SMILES string of the molecule is CC(C)(C)c1ccc(C(=O)Nc2cccc(-c3cn4cc(Cl)ccc4n3)c2)cc1. The first-order valence-corrected chi connectivity index (χ1v) is 9.84. The molecule has 0 fully saturated rings. The van der Waals surface area contributed by atoms with Crippen molar-refractivity contribution in [2.75, 3.05) is 5.32 Å². The zero-order chi connectivity index (χ0) is 20.6. The van der Waals surface area contributed by atoms with E-state index in [4.69, 9.17) is 11.6 Å². The number of fused-ring (bicyclic) bond motifs is 1. The summed E-state index contributed by atoms with van der Waals surface area (Å²) in [6, 6.07) is 19.1. The van der Waals surface area contributed by atoms with Gasteiger partial charge in [-0.15, -0.1) is 0 Å². The number of amides is 1. The number of imidazole rings is 1. The predicted octanol–water partition coefficient (Wildman–Crippen LogP) is 6.20. The second-order valence-corrected chi connectivity index (χ2v) is 8.54. The third-order valence-corrected chi connectivity index (χ3v) is 5.07. The van der Waals surface area contributed by atoms with E-state index in [1.807, 2.05) is 77.5 Å². The van der Waals surface area contributed by atoms with E-state index in [-0.39, 0.29) is 11.3 Å². The van der Waals surface area contributed by atoms with Crippen molar-refractivity contribution in [2.24, 2.45) is 0 Å². The molecule has 0 bridgehead atoms. The Morgan fingerprint density at radius 2 is 1.76 bits per heavy atom. The first-order valence-electron chi connectivity index (χ1n) is 9.46. The van der Waals surface area contributed by atoms with Crippen molar-refractivity contribution in [3.05, 3.63) is 89.2 Å². The lowest BCUT2D eigenvalue weighted by Crippen LogP contribution is -2.14. The number of hydrogen-bond donors (Lipinski definition) is 1. The van der Waals surface area contributed by atoms with Crippen molar-refractivity contribution in [1.82, 2.24) is 9.38 Å². The molecule has 0 atom stereocenters. The second-order valence-electron chi connectivity index (χ2n) is 8.10. The summed E-state index contributed by atoms with van der Waals surface area (Å²) in [6.45, 7) is 6.46. The number of pyridine rings is 1. The summed E-state index contributed by atoms with van der Waals surface area (Å²) in [5.74, 6) is -0.135. The maximum atomic E-state index is 12.7. The number of nitrogens with zero attached hydrogens (tertiary/aromatic N) is 2. The highest BCUT2D eigenvalue weighted by molar-refractivity contribution is 6.30. The lowest BCUT2D eigenvalue weighted by atomic mass is 9.87. The van der Waals surface area contributed by atoms with Crippen molar-refractivity contribution in [3.63, 3.8) is 0 Å². The number of benzene rings is 2. The molecule has 5 heteroatoms. The van der Waals surface area contributed by atoms with Crippen LogP contribution < -0.4 is 5.32 Å². The van der Waals surface area contributed by atoms with Gasteiger partial charge in [0.25, 0.3) is 5.91 Å². The normalized spacial score (nSPS) is 11.6. The van der Waals surface area contributed by atoms with Crippen LogP contribution in [0.15, 0.2) is 73.1 Å². The van der Waals surface area contributed by atoms with Gasteiger partial charge in [-0.2, -0.15) is 0 Å². The molecule has 2 aromatic carbocycles. The summed E-state index contributed by atoms with van der Waals surface area (Å²) in [7, 11) is 0. The van der Waals surface area contributed by atoms with E-state index in [0.717, 1.165) is 22.6 Å². The molecule has 146 valence electrons. The summed E-state index contributed by atoms with van der Waals surface area (Å²) >= 11 is 6.05. The molecule has 1 amide bonds. The molecule has 0 saturated heterocycles.